The van der Waals surface area contributed by atoms with Crippen molar-refractivity contribution in [3.8, 4) is 5.88 Å². The van der Waals surface area contributed by atoms with E-state index in [4.69, 9.17) is 4.74 Å². The minimum absolute atomic E-state index is 0.114. The zero-order valence-corrected chi connectivity index (χ0v) is 15.0. The number of methoxy groups -OCH3 is 1. The fourth-order valence-electron chi connectivity index (χ4n) is 3.45. The van der Waals surface area contributed by atoms with E-state index in [0.29, 0.717) is 17.4 Å². The minimum atomic E-state index is -0.648. The standard InChI is InChI=1S/C19H25N3O3/c1-19(2,24)14-4-6-15(7-5-14)22-18(23)13-8-12-10-21-17(25-3)9-16(12)20-11-13/h8-11,14-15,24H,4-7H2,1-3H3,(H,22,23). The molecule has 2 aromatic heterocycles. The maximum absolute atomic E-state index is 12.5. The quantitative estimate of drug-likeness (QED) is 0.892. The van der Waals surface area contributed by atoms with E-state index < -0.39 is 5.60 Å². The van der Waals surface area contributed by atoms with E-state index in [1.165, 1.54) is 0 Å². The Labute approximate surface area is 147 Å². The number of nitrogens with zero attached hydrogens (tertiary/aromatic N) is 2. The molecule has 2 aromatic rings. The van der Waals surface area contributed by atoms with Gasteiger partial charge in [0.1, 0.15) is 0 Å². The zero-order chi connectivity index (χ0) is 18.0. The van der Waals surface area contributed by atoms with Crippen LogP contribution in [-0.2, 0) is 0 Å². The van der Waals surface area contributed by atoms with Crippen LogP contribution in [0.25, 0.3) is 10.9 Å². The van der Waals surface area contributed by atoms with E-state index in [1.807, 2.05) is 13.8 Å². The lowest BCUT2D eigenvalue weighted by molar-refractivity contribution is -0.00257. The third kappa shape index (κ3) is 4.07. The Morgan fingerprint density at radius 2 is 1.92 bits per heavy atom. The van der Waals surface area contributed by atoms with Crippen molar-refractivity contribution in [2.45, 2.75) is 51.2 Å². The normalized spacial score (nSPS) is 21.1. The average Bonchev–Trinajstić information content (AvgIpc) is 2.60. The lowest BCUT2D eigenvalue weighted by Gasteiger charge is -2.36. The molecule has 1 saturated carbocycles. The Bertz CT molecular complexity index is 762. The fraction of sp³-hybridized carbons (Fsp3) is 0.526. The van der Waals surface area contributed by atoms with Gasteiger partial charge in [0, 0.05) is 29.9 Å². The van der Waals surface area contributed by atoms with Crippen LogP contribution in [-0.4, -0.2) is 39.7 Å². The molecule has 3 rings (SSSR count). The summed E-state index contributed by atoms with van der Waals surface area (Å²) in [5.74, 6) is 0.682. The highest BCUT2D eigenvalue weighted by atomic mass is 16.5. The Hall–Kier alpha value is -2.21. The Balaban J connectivity index is 1.65. The summed E-state index contributed by atoms with van der Waals surface area (Å²) >= 11 is 0. The monoisotopic (exact) mass is 343 g/mol. The molecule has 6 nitrogen and oxygen atoms in total. The molecule has 1 aliphatic rings. The average molecular weight is 343 g/mol. The van der Waals surface area contributed by atoms with Crippen LogP contribution in [0.5, 0.6) is 5.88 Å². The summed E-state index contributed by atoms with van der Waals surface area (Å²) in [5.41, 5.74) is 0.629. The Morgan fingerprint density at radius 1 is 1.20 bits per heavy atom. The first-order valence-electron chi connectivity index (χ1n) is 8.70. The number of ether oxygens (including phenoxy) is 1. The molecule has 0 aliphatic heterocycles. The van der Waals surface area contributed by atoms with E-state index >= 15 is 0 Å². The van der Waals surface area contributed by atoms with Crippen LogP contribution in [0.1, 0.15) is 49.9 Å². The number of carbonyl (C=O) groups excluding carboxylic acids is 1. The summed E-state index contributed by atoms with van der Waals surface area (Å²) in [6, 6.07) is 3.69. The van der Waals surface area contributed by atoms with Crippen LogP contribution in [0, 0.1) is 5.92 Å². The van der Waals surface area contributed by atoms with Gasteiger partial charge in [0.15, 0.2) is 0 Å². The molecule has 2 N–H and O–H groups in total. The maximum atomic E-state index is 12.5. The first kappa shape index (κ1) is 17.6. The summed E-state index contributed by atoms with van der Waals surface area (Å²) in [7, 11) is 1.56. The molecule has 0 spiro atoms. The highest BCUT2D eigenvalue weighted by molar-refractivity contribution is 5.97. The van der Waals surface area contributed by atoms with E-state index in [2.05, 4.69) is 15.3 Å². The lowest BCUT2D eigenvalue weighted by Crippen LogP contribution is -2.41. The molecule has 1 fully saturated rings. The van der Waals surface area contributed by atoms with Crippen LogP contribution in [0.4, 0.5) is 0 Å². The number of nitrogens with one attached hydrogen (secondary N) is 1. The number of rotatable bonds is 4. The van der Waals surface area contributed by atoms with E-state index in [9.17, 15) is 9.90 Å². The van der Waals surface area contributed by atoms with Gasteiger partial charge in [0.25, 0.3) is 5.91 Å². The molecule has 1 amide bonds. The Kier molecular flexibility index (Phi) is 4.90. The second-order valence-electron chi connectivity index (χ2n) is 7.32. The van der Waals surface area contributed by atoms with E-state index in [0.717, 1.165) is 36.6 Å². The summed E-state index contributed by atoms with van der Waals surface area (Å²) in [4.78, 5) is 21.0. The van der Waals surface area contributed by atoms with Crippen LogP contribution in [0.2, 0.25) is 0 Å². The van der Waals surface area contributed by atoms with Crippen LogP contribution >= 0.6 is 0 Å². The molecule has 0 aromatic carbocycles. The summed E-state index contributed by atoms with van der Waals surface area (Å²) in [6.45, 7) is 3.72. The predicted molar refractivity (Wildman–Crippen MR) is 95.6 cm³/mol. The van der Waals surface area contributed by atoms with Crippen LogP contribution in [0.3, 0.4) is 0 Å². The molecule has 0 atom stereocenters. The topological polar surface area (TPSA) is 84.3 Å². The molecular weight excluding hydrogens is 318 g/mol. The molecule has 25 heavy (non-hydrogen) atoms. The molecule has 1 aliphatic carbocycles. The van der Waals surface area contributed by atoms with Crippen LogP contribution in [0.15, 0.2) is 24.5 Å². The minimum Gasteiger partial charge on any atom is -0.481 e. The number of aliphatic hydroxyl groups is 1. The van der Waals surface area contributed by atoms with E-state index in [1.54, 1.807) is 31.6 Å². The summed E-state index contributed by atoms with van der Waals surface area (Å²) < 4.78 is 5.08. The SMILES string of the molecule is COc1cc2ncc(C(=O)NC3CCC(C(C)(C)O)CC3)cc2cn1. The van der Waals surface area contributed by atoms with Crippen molar-refractivity contribution in [2.24, 2.45) is 5.92 Å². The fourth-order valence-corrected chi connectivity index (χ4v) is 3.45. The first-order chi connectivity index (χ1) is 11.9. The predicted octanol–water partition coefficient (Wildman–Crippen LogP) is 2.70. The smallest absolute Gasteiger partial charge is 0.253 e. The van der Waals surface area contributed by atoms with Gasteiger partial charge < -0.3 is 15.2 Å². The second kappa shape index (κ2) is 6.96. The highest BCUT2D eigenvalue weighted by Crippen LogP contribution is 2.32. The number of hydrogen-bond acceptors (Lipinski definition) is 5. The van der Waals surface area contributed by atoms with Crippen molar-refractivity contribution < 1.29 is 14.6 Å². The van der Waals surface area contributed by atoms with E-state index in [-0.39, 0.29) is 11.9 Å². The van der Waals surface area contributed by atoms with Gasteiger partial charge in [0.2, 0.25) is 5.88 Å². The van der Waals surface area contributed by atoms with Crippen molar-refractivity contribution in [3.63, 3.8) is 0 Å². The molecule has 0 bridgehead atoms. The van der Waals surface area contributed by atoms with Crippen molar-refractivity contribution in [1.29, 1.82) is 0 Å². The third-order valence-corrected chi connectivity index (χ3v) is 5.07. The van der Waals surface area contributed by atoms with Gasteiger partial charge in [-0.2, -0.15) is 0 Å². The highest BCUT2D eigenvalue weighted by Gasteiger charge is 2.31. The van der Waals surface area contributed by atoms with Crippen LogP contribution < -0.4 is 10.1 Å². The number of fused-ring (bicyclic) bond motifs is 1. The zero-order valence-electron chi connectivity index (χ0n) is 15.0. The van der Waals surface area contributed by atoms with Crippen molar-refractivity contribution in [2.75, 3.05) is 7.11 Å². The van der Waals surface area contributed by atoms with Crippen molar-refractivity contribution in [3.05, 3.63) is 30.1 Å². The van der Waals surface area contributed by atoms with Gasteiger partial charge in [-0.3, -0.25) is 9.78 Å². The van der Waals surface area contributed by atoms with Gasteiger partial charge in [-0.15, -0.1) is 0 Å². The largest absolute Gasteiger partial charge is 0.481 e. The summed E-state index contributed by atoms with van der Waals surface area (Å²) in [6.07, 6.45) is 6.87. The number of carbonyl (C=O) groups is 1. The maximum Gasteiger partial charge on any atom is 0.253 e. The molecule has 134 valence electrons. The van der Waals surface area contributed by atoms with Gasteiger partial charge >= 0.3 is 0 Å². The summed E-state index contributed by atoms with van der Waals surface area (Å²) in [5, 5.41) is 14.0. The molecular formula is C19H25N3O3. The number of hydrogen-bond donors (Lipinski definition) is 2. The number of amides is 1. The van der Waals surface area contributed by atoms with Crippen molar-refractivity contribution in [1.82, 2.24) is 15.3 Å². The number of aromatic nitrogens is 2. The van der Waals surface area contributed by atoms with Gasteiger partial charge in [-0.1, -0.05) is 0 Å². The third-order valence-electron chi connectivity index (χ3n) is 5.07. The Morgan fingerprint density at radius 3 is 2.56 bits per heavy atom. The number of pyridine rings is 2. The van der Waals surface area contributed by atoms with Gasteiger partial charge in [-0.05, 0) is 51.5 Å². The molecule has 6 heteroatoms. The molecule has 0 unspecified atom stereocenters. The lowest BCUT2D eigenvalue weighted by atomic mass is 9.77. The van der Waals surface area contributed by atoms with Gasteiger partial charge in [0.05, 0.1) is 23.8 Å². The second-order valence-corrected chi connectivity index (χ2v) is 7.32. The first-order valence-corrected chi connectivity index (χ1v) is 8.70. The molecule has 0 saturated heterocycles. The van der Waals surface area contributed by atoms with Gasteiger partial charge in [-0.25, -0.2) is 4.98 Å². The van der Waals surface area contributed by atoms with Crippen molar-refractivity contribution >= 4 is 16.8 Å². The molecule has 2 heterocycles. The molecule has 0 radical (unpaired) electrons.